The van der Waals surface area contributed by atoms with Crippen molar-refractivity contribution >= 4 is 39.2 Å². The zero-order valence-electron chi connectivity index (χ0n) is 19.7. The van der Waals surface area contributed by atoms with Crippen molar-refractivity contribution in [3.05, 3.63) is 63.6 Å². The number of amides is 1. The Labute approximate surface area is 212 Å². The quantitative estimate of drug-likeness (QED) is 0.416. The van der Waals surface area contributed by atoms with Gasteiger partial charge >= 0.3 is 0 Å². The van der Waals surface area contributed by atoms with Gasteiger partial charge < -0.3 is 9.64 Å². The number of nitrogens with zero attached hydrogens (tertiary/aromatic N) is 1. The molecule has 1 heterocycles. The topological polar surface area (TPSA) is 72.9 Å². The number of hydrogen-bond donors (Lipinski definition) is 0. The Bertz CT molecular complexity index is 1120. The number of carbonyl (C=O) groups is 1. The number of piperidine rings is 1. The molecule has 0 aliphatic carbocycles. The van der Waals surface area contributed by atoms with Crippen LogP contribution in [0, 0.1) is 0 Å². The Kier molecular flexibility index (Phi) is 8.90. The van der Waals surface area contributed by atoms with E-state index in [9.17, 15) is 13.2 Å². The summed E-state index contributed by atoms with van der Waals surface area (Å²) in [4.78, 5) is 15.1. The standard InChI is InChI=1S/C25H31Cl2NO5S/c1-18(2)33-21-7-4-6-19(14-21)15-24(29)28-12-5-10-25(17-28,11-13-32-34(3,30)31)20-8-9-22(26)23(27)16-20/h4,6-9,14,16,18H,5,10-13,15,17H2,1-3H3. The van der Waals surface area contributed by atoms with Crippen LogP contribution in [0.3, 0.4) is 0 Å². The lowest BCUT2D eigenvalue weighted by molar-refractivity contribution is -0.132. The molecule has 1 aliphatic rings. The summed E-state index contributed by atoms with van der Waals surface area (Å²) in [5, 5.41) is 0.869. The van der Waals surface area contributed by atoms with E-state index in [1.165, 1.54) is 0 Å². The molecule has 2 aromatic rings. The fourth-order valence-electron chi connectivity index (χ4n) is 4.43. The molecule has 1 fully saturated rings. The maximum absolute atomic E-state index is 13.3. The molecule has 9 heteroatoms. The lowest BCUT2D eigenvalue weighted by Crippen LogP contribution is -2.49. The number of benzene rings is 2. The van der Waals surface area contributed by atoms with Crippen molar-refractivity contribution < 1.29 is 22.1 Å². The van der Waals surface area contributed by atoms with Crippen molar-refractivity contribution in [2.45, 2.75) is 51.0 Å². The van der Waals surface area contributed by atoms with E-state index in [0.717, 1.165) is 36.0 Å². The Balaban J connectivity index is 1.81. The molecular weight excluding hydrogens is 497 g/mol. The Morgan fingerprint density at radius 3 is 2.59 bits per heavy atom. The van der Waals surface area contributed by atoms with Crippen molar-refractivity contribution in [3.8, 4) is 5.75 Å². The average Bonchev–Trinajstić information content (AvgIpc) is 2.74. The van der Waals surface area contributed by atoms with E-state index in [2.05, 4.69) is 0 Å². The van der Waals surface area contributed by atoms with E-state index >= 15 is 0 Å². The molecule has 6 nitrogen and oxygen atoms in total. The number of carbonyl (C=O) groups excluding carboxylic acids is 1. The van der Waals surface area contributed by atoms with Crippen LogP contribution in [0.25, 0.3) is 0 Å². The maximum atomic E-state index is 13.3. The normalized spacial score (nSPS) is 18.8. The highest BCUT2D eigenvalue weighted by molar-refractivity contribution is 7.85. The smallest absolute Gasteiger partial charge is 0.264 e. The second-order valence-corrected chi connectivity index (χ2v) is 11.6. The van der Waals surface area contributed by atoms with Crippen molar-refractivity contribution in [1.82, 2.24) is 4.90 Å². The van der Waals surface area contributed by atoms with Gasteiger partial charge in [-0.1, -0.05) is 41.4 Å². The van der Waals surface area contributed by atoms with Gasteiger partial charge in [-0.25, -0.2) is 0 Å². The fraction of sp³-hybridized carbons (Fsp3) is 0.480. The molecule has 0 bridgehead atoms. The van der Waals surface area contributed by atoms with E-state index in [1.807, 2.05) is 55.1 Å². The van der Waals surface area contributed by atoms with E-state index in [4.69, 9.17) is 32.1 Å². The Morgan fingerprint density at radius 2 is 1.91 bits per heavy atom. The third-order valence-corrected chi connectivity index (χ3v) is 7.30. The zero-order chi connectivity index (χ0) is 24.9. The van der Waals surface area contributed by atoms with Gasteiger partial charge in [0.2, 0.25) is 5.91 Å². The van der Waals surface area contributed by atoms with E-state index in [1.54, 1.807) is 6.07 Å². The second-order valence-electron chi connectivity index (χ2n) is 9.09. The van der Waals surface area contributed by atoms with Crippen LogP contribution in [0.15, 0.2) is 42.5 Å². The van der Waals surface area contributed by atoms with E-state index < -0.39 is 15.5 Å². The molecule has 0 spiro atoms. The summed E-state index contributed by atoms with van der Waals surface area (Å²) in [5.41, 5.74) is 1.31. The molecule has 0 aromatic heterocycles. The summed E-state index contributed by atoms with van der Waals surface area (Å²) in [5.74, 6) is 0.747. The van der Waals surface area contributed by atoms with Crippen molar-refractivity contribution in [2.75, 3.05) is 26.0 Å². The van der Waals surface area contributed by atoms with Gasteiger partial charge in [-0.3, -0.25) is 8.98 Å². The van der Waals surface area contributed by atoms with Crippen molar-refractivity contribution in [1.29, 1.82) is 0 Å². The minimum absolute atomic E-state index is 0.00913. The molecule has 1 saturated heterocycles. The van der Waals surface area contributed by atoms with Gasteiger partial charge in [0.1, 0.15) is 5.75 Å². The van der Waals surface area contributed by atoms with Gasteiger partial charge in [0.05, 0.1) is 35.4 Å². The van der Waals surface area contributed by atoms with Crippen LogP contribution < -0.4 is 4.74 Å². The van der Waals surface area contributed by atoms with Crippen LogP contribution in [-0.2, 0) is 30.9 Å². The van der Waals surface area contributed by atoms with Crippen LogP contribution in [0.5, 0.6) is 5.75 Å². The number of rotatable bonds is 9. The number of ether oxygens (including phenoxy) is 1. The molecule has 1 amide bonds. The minimum Gasteiger partial charge on any atom is -0.491 e. The minimum atomic E-state index is -3.57. The van der Waals surface area contributed by atoms with Crippen molar-refractivity contribution in [3.63, 3.8) is 0 Å². The first-order valence-corrected chi connectivity index (χ1v) is 13.9. The molecule has 0 N–H and O–H groups in total. The molecule has 3 rings (SSSR count). The van der Waals surface area contributed by atoms with Crippen LogP contribution in [0.2, 0.25) is 10.0 Å². The predicted octanol–water partition coefficient (Wildman–Crippen LogP) is 5.25. The molecule has 34 heavy (non-hydrogen) atoms. The van der Waals surface area contributed by atoms with Crippen LogP contribution in [-0.4, -0.2) is 51.3 Å². The molecule has 0 radical (unpaired) electrons. The van der Waals surface area contributed by atoms with E-state index in [-0.39, 0.29) is 25.0 Å². The van der Waals surface area contributed by atoms with Crippen LogP contribution >= 0.6 is 23.2 Å². The molecule has 1 aliphatic heterocycles. The van der Waals surface area contributed by atoms with Crippen molar-refractivity contribution in [2.24, 2.45) is 0 Å². The number of halogens is 2. The predicted molar refractivity (Wildman–Crippen MR) is 135 cm³/mol. The maximum Gasteiger partial charge on any atom is 0.264 e. The molecule has 1 atom stereocenters. The monoisotopic (exact) mass is 527 g/mol. The largest absolute Gasteiger partial charge is 0.491 e. The third kappa shape index (κ3) is 7.35. The molecule has 0 saturated carbocycles. The summed E-state index contributed by atoms with van der Waals surface area (Å²) >= 11 is 12.4. The lowest BCUT2D eigenvalue weighted by Gasteiger charge is -2.43. The zero-order valence-corrected chi connectivity index (χ0v) is 22.0. The number of likely N-dealkylation sites (tertiary alicyclic amines) is 1. The Hall–Kier alpha value is -1.80. The SMILES string of the molecule is CC(C)Oc1cccc(CC(=O)N2CCCC(CCOS(C)(=O)=O)(c3ccc(Cl)c(Cl)c3)C2)c1. The number of hydrogen-bond acceptors (Lipinski definition) is 5. The first-order chi connectivity index (χ1) is 16.0. The molecule has 186 valence electrons. The van der Waals surface area contributed by atoms with Gasteiger partial charge in [-0.2, -0.15) is 8.42 Å². The highest BCUT2D eigenvalue weighted by atomic mass is 35.5. The lowest BCUT2D eigenvalue weighted by atomic mass is 9.72. The average molecular weight is 528 g/mol. The van der Waals surface area contributed by atoms with Gasteiger partial charge in [0, 0.05) is 18.5 Å². The summed E-state index contributed by atoms with van der Waals surface area (Å²) < 4.78 is 33.9. The summed E-state index contributed by atoms with van der Waals surface area (Å²) in [6.07, 6.45) is 3.33. The molecule has 2 aromatic carbocycles. The first kappa shape index (κ1) is 26.8. The third-order valence-electron chi connectivity index (χ3n) is 5.97. The molecule has 1 unspecified atom stereocenters. The highest BCUT2D eigenvalue weighted by Crippen LogP contribution is 2.40. The van der Waals surface area contributed by atoms with Crippen LogP contribution in [0.4, 0.5) is 0 Å². The van der Waals surface area contributed by atoms with Gasteiger partial charge in [0.25, 0.3) is 10.1 Å². The highest BCUT2D eigenvalue weighted by Gasteiger charge is 2.39. The first-order valence-electron chi connectivity index (χ1n) is 11.3. The summed E-state index contributed by atoms with van der Waals surface area (Å²) in [6, 6.07) is 13.0. The van der Waals surface area contributed by atoms with Gasteiger partial charge in [0.15, 0.2) is 0 Å². The van der Waals surface area contributed by atoms with E-state index in [0.29, 0.717) is 29.6 Å². The second kappa shape index (κ2) is 11.3. The summed E-state index contributed by atoms with van der Waals surface area (Å²) in [6.45, 7) is 5.02. The molecular formula is C25H31Cl2NO5S. The Morgan fingerprint density at radius 1 is 1.15 bits per heavy atom. The summed E-state index contributed by atoms with van der Waals surface area (Å²) in [7, 11) is -3.57. The van der Waals surface area contributed by atoms with Gasteiger partial charge in [-0.15, -0.1) is 0 Å². The van der Waals surface area contributed by atoms with Gasteiger partial charge in [-0.05, 0) is 68.5 Å². The van der Waals surface area contributed by atoms with Crippen LogP contribution in [0.1, 0.15) is 44.2 Å². The fourth-order valence-corrected chi connectivity index (χ4v) is 5.11.